The molecular formula is C14H23NO12. The largest absolute Gasteiger partial charge is 0.455 e. The number of carbonyl (C=O) groups excluding carboxylic acids is 3. The van der Waals surface area contributed by atoms with E-state index in [2.05, 4.69) is 10.1 Å². The monoisotopic (exact) mass is 397 g/mol. The molecule has 0 aromatic carbocycles. The molecule has 27 heavy (non-hydrogen) atoms. The normalized spacial score (nSPS) is 32.7. The summed E-state index contributed by atoms with van der Waals surface area (Å²) < 4.78 is 9.49. The molecule has 0 saturated carbocycles. The molecule has 156 valence electrons. The van der Waals surface area contributed by atoms with Gasteiger partial charge in [0, 0.05) is 6.92 Å². The van der Waals surface area contributed by atoms with Crippen molar-refractivity contribution in [1.29, 1.82) is 0 Å². The lowest BCUT2D eigenvalue weighted by molar-refractivity contribution is -0.283. The Morgan fingerprint density at radius 1 is 1.15 bits per heavy atom. The maximum absolute atomic E-state index is 12.2. The van der Waals surface area contributed by atoms with Gasteiger partial charge in [0.1, 0.15) is 42.8 Å². The van der Waals surface area contributed by atoms with Crippen LogP contribution in [0.5, 0.6) is 0 Å². The molecule has 1 amide bonds. The SMILES string of the molecule is CC(=O)N[C@@H](C=O)[C@@H](OC(=O)[C@H]1O[C@@H](O)[C@H](O)[C@@H](O)[C@@H]1O)[C@H](O)[C@H](O)CO. The highest BCUT2D eigenvalue weighted by Gasteiger charge is 2.48. The summed E-state index contributed by atoms with van der Waals surface area (Å²) in [6.07, 6.45) is -15.7. The van der Waals surface area contributed by atoms with E-state index in [0.29, 0.717) is 0 Å². The summed E-state index contributed by atoms with van der Waals surface area (Å²) in [7, 11) is 0. The van der Waals surface area contributed by atoms with Crippen molar-refractivity contribution >= 4 is 18.2 Å². The molecule has 0 unspecified atom stereocenters. The third kappa shape index (κ3) is 5.63. The number of aldehydes is 1. The number of rotatable bonds is 8. The maximum atomic E-state index is 12.2. The van der Waals surface area contributed by atoms with Crippen LogP contribution < -0.4 is 5.32 Å². The summed E-state index contributed by atoms with van der Waals surface area (Å²) in [4.78, 5) is 34.6. The first kappa shape index (κ1) is 23.3. The maximum Gasteiger partial charge on any atom is 0.338 e. The van der Waals surface area contributed by atoms with Crippen LogP contribution in [0.25, 0.3) is 0 Å². The molecule has 0 radical (unpaired) electrons. The van der Waals surface area contributed by atoms with Crippen LogP contribution in [-0.2, 0) is 23.9 Å². The van der Waals surface area contributed by atoms with Gasteiger partial charge in [0.2, 0.25) is 5.91 Å². The fourth-order valence-corrected chi connectivity index (χ4v) is 2.37. The molecule has 9 atom stereocenters. The minimum absolute atomic E-state index is 0.0955. The molecule has 0 spiro atoms. The zero-order valence-corrected chi connectivity index (χ0v) is 14.2. The highest BCUT2D eigenvalue weighted by atomic mass is 16.7. The van der Waals surface area contributed by atoms with Crippen LogP contribution in [0.15, 0.2) is 0 Å². The Morgan fingerprint density at radius 3 is 2.22 bits per heavy atom. The number of aliphatic hydroxyl groups excluding tert-OH is 7. The van der Waals surface area contributed by atoms with Crippen molar-refractivity contribution in [2.75, 3.05) is 6.61 Å². The van der Waals surface area contributed by atoms with Gasteiger partial charge in [0.15, 0.2) is 18.5 Å². The van der Waals surface area contributed by atoms with Crippen molar-refractivity contribution < 1.29 is 59.6 Å². The number of carbonyl (C=O) groups is 3. The Kier molecular flexibility index (Phi) is 8.64. The summed E-state index contributed by atoms with van der Waals surface area (Å²) >= 11 is 0. The molecule has 0 aromatic heterocycles. The lowest BCUT2D eigenvalue weighted by Gasteiger charge is -2.38. The smallest absolute Gasteiger partial charge is 0.338 e. The van der Waals surface area contributed by atoms with Gasteiger partial charge in [-0.15, -0.1) is 0 Å². The van der Waals surface area contributed by atoms with Crippen LogP contribution in [0.1, 0.15) is 6.92 Å². The first-order valence-electron chi connectivity index (χ1n) is 7.82. The first-order chi connectivity index (χ1) is 12.5. The van der Waals surface area contributed by atoms with Gasteiger partial charge in [-0.3, -0.25) is 4.79 Å². The van der Waals surface area contributed by atoms with Crippen LogP contribution in [0.3, 0.4) is 0 Å². The minimum atomic E-state index is -2.05. The molecule has 0 aromatic rings. The second-order valence-electron chi connectivity index (χ2n) is 5.92. The van der Waals surface area contributed by atoms with E-state index < -0.39 is 73.5 Å². The Labute approximate surface area is 152 Å². The lowest BCUT2D eigenvalue weighted by atomic mass is 9.98. The number of aliphatic hydroxyl groups is 7. The number of ether oxygens (including phenoxy) is 2. The van der Waals surface area contributed by atoms with Crippen LogP contribution in [0.4, 0.5) is 0 Å². The third-order valence-corrected chi connectivity index (χ3v) is 3.86. The molecule has 1 rings (SSSR count). The van der Waals surface area contributed by atoms with E-state index in [1.54, 1.807) is 0 Å². The topological polar surface area (TPSA) is 223 Å². The molecule has 1 aliphatic heterocycles. The van der Waals surface area contributed by atoms with Crippen LogP contribution in [0.2, 0.25) is 0 Å². The van der Waals surface area contributed by atoms with Crippen molar-refractivity contribution in [3.05, 3.63) is 0 Å². The molecule has 8 N–H and O–H groups in total. The molecule has 1 fully saturated rings. The molecule has 13 nitrogen and oxygen atoms in total. The fourth-order valence-electron chi connectivity index (χ4n) is 2.37. The Bertz CT molecular complexity index is 530. The summed E-state index contributed by atoms with van der Waals surface area (Å²) in [6, 6.07) is -1.65. The second kappa shape index (κ2) is 10.0. The predicted octanol–water partition coefficient (Wildman–Crippen LogP) is -5.88. The quantitative estimate of drug-likeness (QED) is 0.142. The van der Waals surface area contributed by atoms with E-state index in [1.807, 2.05) is 0 Å². The van der Waals surface area contributed by atoms with E-state index >= 15 is 0 Å². The van der Waals surface area contributed by atoms with Gasteiger partial charge in [-0.2, -0.15) is 0 Å². The third-order valence-electron chi connectivity index (χ3n) is 3.86. The van der Waals surface area contributed by atoms with E-state index in [0.717, 1.165) is 6.92 Å². The van der Waals surface area contributed by atoms with Crippen molar-refractivity contribution in [3.63, 3.8) is 0 Å². The summed E-state index contributed by atoms with van der Waals surface area (Å²) in [5.41, 5.74) is 0. The predicted molar refractivity (Wildman–Crippen MR) is 81.5 cm³/mol. The zero-order chi connectivity index (χ0) is 20.9. The fraction of sp³-hybridized carbons (Fsp3) is 0.786. The van der Waals surface area contributed by atoms with Gasteiger partial charge in [-0.1, -0.05) is 0 Å². The van der Waals surface area contributed by atoms with Crippen molar-refractivity contribution in [2.24, 2.45) is 0 Å². The first-order valence-corrected chi connectivity index (χ1v) is 7.82. The van der Waals surface area contributed by atoms with E-state index in [1.165, 1.54) is 0 Å². The van der Waals surface area contributed by atoms with Gasteiger partial charge in [0.05, 0.1) is 6.61 Å². The molecule has 0 aliphatic carbocycles. The summed E-state index contributed by atoms with van der Waals surface area (Å²) in [5, 5.41) is 68.8. The molecule has 1 saturated heterocycles. The molecule has 13 heteroatoms. The summed E-state index contributed by atoms with van der Waals surface area (Å²) in [6.45, 7) is 0.0410. The van der Waals surface area contributed by atoms with Gasteiger partial charge in [-0.05, 0) is 0 Å². The molecule has 1 heterocycles. The van der Waals surface area contributed by atoms with E-state index in [9.17, 15) is 45.0 Å². The van der Waals surface area contributed by atoms with Crippen LogP contribution in [-0.4, -0.2) is 116 Å². The number of hydrogen-bond donors (Lipinski definition) is 8. The zero-order valence-electron chi connectivity index (χ0n) is 14.2. The van der Waals surface area contributed by atoms with Crippen molar-refractivity contribution in [1.82, 2.24) is 5.32 Å². The Morgan fingerprint density at radius 2 is 1.74 bits per heavy atom. The second-order valence-corrected chi connectivity index (χ2v) is 5.92. The Hall–Kier alpha value is -1.71. The van der Waals surface area contributed by atoms with E-state index in [-0.39, 0.29) is 6.29 Å². The highest BCUT2D eigenvalue weighted by molar-refractivity contribution is 5.79. The average molecular weight is 397 g/mol. The standard InChI is InChI=1S/C14H23NO12/c1-4(18)15-5(2-16)11(7(20)6(19)3-17)26-14(25)12-9(22)8(21)10(23)13(24)27-12/h2,5-13,17,19-24H,3H2,1H3,(H,15,18)/t5-,6+,7+,8-,9-,10+,11+,12-,13+/m0/s1. The number of amides is 1. The molecule has 1 aliphatic rings. The molecule has 0 bridgehead atoms. The average Bonchev–Trinajstić information content (AvgIpc) is 2.63. The van der Waals surface area contributed by atoms with Gasteiger partial charge in [0.25, 0.3) is 0 Å². The van der Waals surface area contributed by atoms with Crippen LogP contribution >= 0.6 is 0 Å². The molecular weight excluding hydrogens is 374 g/mol. The number of hydrogen-bond acceptors (Lipinski definition) is 12. The minimum Gasteiger partial charge on any atom is -0.455 e. The lowest BCUT2D eigenvalue weighted by Crippen LogP contribution is -2.61. The van der Waals surface area contributed by atoms with Crippen molar-refractivity contribution in [2.45, 2.75) is 62.0 Å². The van der Waals surface area contributed by atoms with Gasteiger partial charge < -0.3 is 55.3 Å². The van der Waals surface area contributed by atoms with E-state index in [4.69, 9.17) is 9.84 Å². The number of esters is 1. The van der Waals surface area contributed by atoms with Crippen molar-refractivity contribution in [3.8, 4) is 0 Å². The van der Waals surface area contributed by atoms with Crippen LogP contribution in [0, 0.1) is 0 Å². The van der Waals surface area contributed by atoms with Gasteiger partial charge in [-0.25, -0.2) is 4.79 Å². The van der Waals surface area contributed by atoms with Gasteiger partial charge >= 0.3 is 5.97 Å². The number of nitrogens with one attached hydrogen (secondary N) is 1. The summed E-state index contributed by atoms with van der Waals surface area (Å²) in [5.74, 6) is -2.24. The Balaban J connectivity index is 3.04. The highest BCUT2D eigenvalue weighted by Crippen LogP contribution is 2.22.